The average molecular weight is 456 g/mol. The number of aromatic nitrogens is 1. The highest BCUT2D eigenvalue weighted by Gasteiger charge is 2.26. The summed E-state index contributed by atoms with van der Waals surface area (Å²) in [5.41, 5.74) is 4.80. The molecule has 1 aliphatic rings. The number of nitrogens with one attached hydrogen (secondary N) is 4. The summed E-state index contributed by atoms with van der Waals surface area (Å²) in [4.78, 5) is 38.7. The van der Waals surface area contributed by atoms with Crippen molar-refractivity contribution in [2.75, 3.05) is 11.9 Å². The molecule has 3 rings (SSSR count). The quantitative estimate of drug-likeness (QED) is 0.170. The van der Waals surface area contributed by atoms with E-state index in [2.05, 4.69) is 25.8 Å². The molecule has 0 unspecified atom stereocenters. The van der Waals surface area contributed by atoms with E-state index < -0.39 is 17.6 Å². The Hall–Kier alpha value is -3.86. The average Bonchev–Trinajstić information content (AvgIpc) is 3.24. The Morgan fingerprint density at radius 3 is 2.76 bits per heavy atom. The lowest BCUT2D eigenvalue weighted by atomic mass is 10.1. The molecule has 2 heterocycles. The van der Waals surface area contributed by atoms with Crippen molar-refractivity contribution in [2.45, 2.75) is 39.5 Å². The third-order valence-corrected chi connectivity index (χ3v) is 5.24. The summed E-state index contributed by atoms with van der Waals surface area (Å²) in [6.45, 7) is 3.99. The van der Waals surface area contributed by atoms with E-state index in [0.717, 1.165) is 6.42 Å². The Morgan fingerprint density at radius 1 is 1.21 bits per heavy atom. The number of aryl methyl sites for hydroxylation is 1. The molecule has 2 aromatic rings. The molecule has 33 heavy (non-hydrogen) atoms. The number of carbonyl (C=O) groups is 3. The zero-order valence-electron chi connectivity index (χ0n) is 18.3. The minimum absolute atomic E-state index is 0.0103. The van der Waals surface area contributed by atoms with Crippen molar-refractivity contribution in [3.05, 3.63) is 52.1 Å². The Morgan fingerprint density at radius 2 is 2.00 bits per heavy atom. The predicted octanol–water partition coefficient (Wildman–Crippen LogP) is 2.34. The van der Waals surface area contributed by atoms with Crippen molar-refractivity contribution in [2.24, 2.45) is 10.2 Å². The number of unbranched alkanes of at least 4 members (excludes halogenated alkanes) is 2. The van der Waals surface area contributed by atoms with E-state index in [1.807, 2.05) is 0 Å². The van der Waals surface area contributed by atoms with Gasteiger partial charge in [0.2, 0.25) is 5.91 Å². The second-order valence-electron chi connectivity index (χ2n) is 7.60. The summed E-state index contributed by atoms with van der Waals surface area (Å²) >= 11 is 0. The normalized spacial score (nSPS) is 13.9. The highest BCUT2D eigenvalue weighted by Crippen LogP contribution is 2.24. The van der Waals surface area contributed by atoms with Gasteiger partial charge in [0.25, 0.3) is 11.8 Å². The van der Waals surface area contributed by atoms with E-state index in [4.69, 9.17) is 5.21 Å². The standard InChI is InChI=1S/C22H25FN6O4/c1-12-17(11-25-28-20-15-10-14(23)7-8-16(15)27-22(20)32)26-13(2)19(12)21(31)24-9-5-3-4-6-18(30)29-33/h7-8,10-11,26,33H,3-6,9H2,1-2H3,(H,24,31)(H,29,30)(H,27,28,32)/b25-11+. The van der Waals surface area contributed by atoms with E-state index in [1.165, 1.54) is 24.4 Å². The zero-order chi connectivity index (χ0) is 24.0. The number of halogens is 1. The van der Waals surface area contributed by atoms with Crippen molar-refractivity contribution in [3.63, 3.8) is 0 Å². The van der Waals surface area contributed by atoms with Crippen molar-refractivity contribution >= 4 is 35.3 Å². The van der Waals surface area contributed by atoms with E-state index >= 15 is 0 Å². The first-order valence-corrected chi connectivity index (χ1v) is 10.4. The molecule has 1 aromatic carbocycles. The molecule has 5 N–H and O–H groups in total. The molecule has 3 amide bonds. The van der Waals surface area contributed by atoms with Gasteiger partial charge in [-0.05, 0) is 50.5 Å². The van der Waals surface area contributed by atoms with E-state index in [9.17, 15) is 18.8 Å². The van der Waals surface area contributed by atoms with Crippen LogP contribution in [0.5, 0.6) is 0 Å². The van der Waals surface area contributed by atoms with Crippen LogP contribution in [0.3, 0.4) is 0 Å². The monoisotopic (exact) mass is 456 g/mol. The topological polar surface area (TPSA) is 148 Å². The SMILES string of the molecule is Cc1[nH]c(/C=N/N=C2\C(=O)Nc3ccc(F)cc32)c(C)c1C(=O)NCCCCCC(=O)NO. The van der Waals surface area contributed by atoms with E-state index in [1.54, 1.807) is 19.3 Å². The van der Waals surface area contributed by atoms with Crippen LogP contribution in [-0.2, 0) is 9.59 Å². The zero-order valence-corrected chi connectivity index (χ0v) is 18.3. The molecule has 0 bridgehead atoms. The Labute approximate surface area is 189 Å². The van der Waals surface area contributed by atoms with Crippen LogP contribution < -0.4 is 16.1 Å². The maximum atomic E-state index is 13.5. The largest absolute Gasteiger partial charge is 0.357 e. The van der Waals surface area contributed by atoms with Crippen LogP contribution in [-0.4, -0.2) is 46.4 Å². The molecule has 1 aliphatic heterocycles. The van der Waals surface area contributed by atoms with Gasteiger partial charge in [-0.2, -0.15) is 5.10 Å². The molecular formula is C22H25FN6O4. The second-order valence-corrected chi connectivity index (χ2v) is 7.60. The Bertz CT molecular complexity index is 1140. The van der Waals surface area contributed by atoms with Crippen LogP contribution >= 0.6 is 0 Å². The number of rotatable bonds is 9. The van der Waals surface area contributed by atoms with Gasteiger partial charge >= 0.3 is 0 Å². The molecular weight excluding hydrogens is 431 g/mol. The first-order valence-electron chi connectivity index (χ1n) is 10.4. The molecule has 0 spiro atoms. The third-order valence-electron chi connectivity index (χ3n) is 5.24. The number of nitrogens with zero attached hydrogens (tertiary/aromatic N) is 2. The number of anilines is 1. The van der Waals surface area contributed by atoms with Crippen molar-refractivity contribution in [1.82, 2.24) is 15.8 Å². The van der Waals surface area contributed by atoms with Gasteiger partial charge < -0.3 is 15.6 Å². The summed E-state index contributed by atoms with van der Waals surface area (Å²) in [6, 6.07) is 3.93. The van der Waals surface area contributed by atoms with Crippen LogP contribution in [0, 0.1) is 19.7 Å². The number of fused-ring (bicyclic) bond motifs is 1. The smallest absolute Gasteiger partial charge is 0.276 e. The van der Waals surface area contributed by atoms with E-state index in [-0.39, 0.29) is 18.0 Å². The van der Waals surface area contributed by atoms with Crippen molar-refractivity contribution in [1.29, 1.82) is 0 Å². The molecule has 1 aromatic heterocycles. The molecule has 0 saturated heterocycles. The summed E-state index contributed by atoms with van der Waals surface area (Å²) < 4.78 is 13.5. The fourth-order valence-electron chi connectivity index (χ4n) is 3.55. The molecule has 10 nitrogen and oxygen atoms in total. The maximum absolute atomic E-state index is 13.5. The van der Waals surface area contributed by atoms with Crippen molar-refractivity contribution in [3.8, 4) is 0 Å². The van der Waals surface area contributed by atoms with Crippen LogP contribution in [0.25, 0.3) is 0 Å². The van der Waals surface area contributed by atoms with Crippen LogP contribution in [0.15, 0.2) is 28.4 Å². The highest BCUT2D eigenvalue weighted by atomic mass is 19.1. The highest BCUT2D eigenvalue weighted by molar-refractivity contribution is 6.53. The van der Waals surface area contributed by atoms with E-state index in [0.29, 0.717) is 53.2 Å². The predicted molar refractivity (Wildman–Crippen MR) is 120 cm³/mol. The van der Waals surface area contributed by atoms with Crippen LogP contribution in [0.4, 0.5) is 10.1 Å². The number of hydroxylamine groups is 1. The summed E-state index contributed by atoms with van der Waals surface area (Å²) in [7, 11) is 0. The van der Waals surface area contributed by atoms with Gasteiger partial charge in [0, 0.05) is 24.2 Å². The first kappa shape index (κ1) is 23.8. The first-order chi connectivity index (χ1) is 15.8. The Kier molecular flexibility index (Phi) is 7.67. The molecule has 0 atom stereocenters. The third kappa shape index (κ3) is 5.69. The fraction of sp³-hybridized carbons (Fsp3) is 0.318. The number of hydrogen-bond donors (Lipinski definition) is 5. The second kappa shape index (κ2) is 10.6. The lowest BCUT2D eigenvalue weighted by Gasteiger charge is -2.06. The molecule has 0 fully saturated rings. The van der Waals surface area contributed by atoms with Gasteiger partial charge in [-0.1, -0.05) is 6.42 Å². The maximum Gasteiger partial charge on any atom is 0.276 e. The van der Waals surface area contributed by atoms with Gasteiger partial charge in [-0.3, -0.25) is 19.6 Å². The minimum atomic E-state index is -0.482. The molecule has 11 heteroatoms. The van der Waals surface area contributed by atoms with Gasteiger partial charge in [-0.15, -0.1) is 5.10 Å². The van der Waals surface area contributed by atoms with Crippen LogP contribution in [0.2, 0.25) is 0 Å². The number of carbonyl (C=O) groups excluding carboxylic acids is 3. The Balaban J connectivity index is 1.61. The number of amides is 3. The summed E-state index contributed by atoms with van der Waals surface area (Å²) in [5.74, 6) is -1.62. The van der Waals surface area contributed by atoms with Gasteiger partial charge in [-0.25, -0.2) is 9.87 Å². The lowest BCUT2D eigenvalue weighted by molar-refractivity contribution is -0.129. The number of aromatic amines is 1. The molecule has 0 aliphatic carbocycles. The van der Waals surface area contributed by atoms with Gasteiger partial charge in [0.05, 0.1) is 23.2 Å². The summed E-state index contributed by atoms with van der Waals surface area (Å²) in [6.07, 6.45) is 3.68. The fourth-order valence-corrected chi connectivity index (χ4v) is 3.55. The molecule has 174 valence electrons. The number of benzene rings is 1. The summed E-state index contributed by atoms with van der Waals surface area (Å²) in [5, 5.41) is 21.8. The molecule has 0 radical (unpaired) electrons. The van der Waals surface area contributed by atoms with Crippen molar-refractivity contribution < 1.29 is 24.0 Å². The van der Waals surface area contributed by atoms with Crippen LogP contribution in [0.1, 0.15) is 58.6 Å². The number of hydrogen-bond acceptors (Lipinski definition) is 6. The minimum Gasteiger partial charge on any atom is -0.357 e. The van der Waals surface area contributed by atoms with Gasteiger partial charge in [0.15, 0.2) is 5.71 Å². The van der Waals surface area contributed by atoms with Gasteiger partial charge in [0.1, 0.15) is 5.82 Å². The lowest BCUT2D eigenvalue weighted by Crippen LogP contribution is -2.25. The molecule has 0 saturated carbocycles. The number of H-pyrrole nitrogens is 1.